The van der Waals surface area contributed by atoms with Crippen molar-refractivity contribution in [2.75, 3.05) is 4.43 Å². The highest BCUT2D eigenvalue weighted by Gasteiger charge is 2.14. The molecule has 0 aliphatic heterocycles. The second-order valence-electron chi connectivity index (χ2n) is 4.32. The molecule has 0 saturated heterocycles. The summed E-state index contributed by atoms with van der Waals surface area (Å²) in [4.78, 5) is 11.3. The summed E-state index contributed by atoms with van der Waals surface area (Å²) in [5.41, 5.74) is 0.702. The molecule has 0 N–H and O–H groups in total. The summed E-state index contributed by atoms with van der Waals surface area (Å²) in [5, 5.41) is 0. The number of hydrogen-bond donors (Lipinski definition) is 0. The normalized spacial score (nSPS) is 12.8. The van der Waals surface area contributed by atoms with Crippen LogP contribution in [0.5, 0.6) is 0 Å². The van der Waals surface area contributed by atoms with Crippen LogP contribution in [0.15, 0.2) is 11.6 Å². The van der Waals surface area contributed by atoms with E-state index in [0.29, 0.717) is 0 Å². The van der Waals surface area contributed by atoms with E-state index in [0.717, 1.165) is 22.8 Å². The van der Waals surface area contributed by atoms with Gasteiger partial charge in [0.05, 0.1) is 0 Å². The SMILES string of the molecule is C/C(=C\C(=O)OC(C)(C)C)CCCI. The zero-order chi connectivity index (χ0) is 11.2. The van der Waals surface area contributed by atoms with Crippen molar-refractivity contribution in [3.05, 3.63) is 11.6 Å². The van der Waals surface area contributed by atoms with Crippen LogP contribution in [0.25, 0.3) is 0 Å². The van der Waals surface area contributed by atoms with Crippen LogP contribution in [-0.4, -0.2) is 16.0 Å². The van der Waals surface area contributed by atoms with Crippen molar-refractivity contribution in [1.82, 2.24) is 0 Å². The molecule has 0 rings (SSSR count). The fraction of sp³-hybridized carbons (Fsp3) is 0.727. The maximum Gasteiger partial charge on any atom is 0.331 e. The molecule has 2 nitrogen and oxygen atoms in total. The standard InChI is InChI=1S/C11H19IO2/c1-9(6-5-7-12)8-10(13)14-11(2,3)4/h8H,5-7H2,1-4H3/b9-8+. The van der Waals surface area contributed by atoms with Gasteiger partial charge in [-0.05, 0) is 45.0 Å². The van der Waals surface area contributed by atoms with Gasteiger partial charge in [-0.3, -0.25) is 0 Å². The van der Waals surface area contributed by atoms with E-state index >= 15 is 0 Å². The molecule has 0 radical (unpaired) electrons. The first-order valence-corrected chi connectivity index (χ1v) is 6.34. The predicted octanol–water partition coefficient (Wildman–Crippen LogP) is 3.49. The van der Waals surface area contributed by atoms with E-state index in [9.17, 15) is 4.79 Å². The van der Waals surface area contributed by atoms with Crippen LogP contribution in [0.1, 0.15) is 40.5 Å². The summed E-state index contributed by atoms with van der Waals surface area (Å²) in [6, 6.07) is 0. The Bertz CT molecular complexity index is 214. The molecule has 0 unspecified atom stereocenters. The molecule has 0 aromatic heterocycles. The van der Waals surface area contributed by atoms with E-state index in [1.807, 2.05) is 27.7 Å². The van der Waals surface area contributed by atoms with Crippen molar-refractivity contribution < 1.29 is 9.53 Å². The van der Waals surface area contributed by atoms with Gasteiger partial charge >= 0.3 is 5.97 Å². The third-order valence-corrected chi connectivity index (χ3v) is 2.24. The molecule has 0 saturated carbocycles. The molecule has 0 aliphatic rings. The number of carbonyl (C=O) groups is 1. The highest BCUT2D eigenvalue weighted by Crippen LogP contribution is 2.10. The van der Waals surface area contributed by atoms with E-state index in [2.05, 4.69) is 22.6 Å². The average Bonchev–Trinajstić information content (AvgIpc) is 1.96. The van der Waals surface area contributed by atoms with Gasteiger partial charge in [-0.25, -0.2) is 4.79 Å². The zero-order valence-corrected chi connectivity index (χ0v) is 11.6. The number of alkyl halides is 1. The van der Waals surface area contributed by atoms with E-state index < -0.39 is 5.60 Å². The Morgan fingerprint density at radius 2 is 2.00 bits per heavy atom. The third kappa shape index (κ3) is 8.53. The first kappa shape index (κ1) is 13.9. The summed E-state index contributed by atoms with van der Waals surface area (Å²) >= 11 is 2.33. The third-order valence-electron chi connectivity index (χ3n) is 1.48. The molecule has 0 aromatic carbocycles. The molecular weight excluding hydrogens is 291 g/mol. The number of ether oxygens (including phenoxy) is 1. The molecule has 0 heterocycles. The topological polar surface area (TPSA) is 26.3 Å². The lowest BCUT2D eigenvalue weighted by atomic mass is 10.1. The van der Waals surface area contributed by atoms with Crippen molar-refractivity contribution in [3.63, 3.8) is 0 Å². The van der Waals surface area contributed by atoms with E-state index in [-0.39, 0.29) is 5.97 Å². The van der Waals surface area contributed by atoms with Gasteiger partial charge in [-0.2, -0.15) is 0 Å². The Labute approximate surface area is 100 Å². The molecule has 82 valence electrons. The second kappa shape index (κ2) is 6.43. The van der Waals surface area contributed by atoms with Gasteiger partial charge in [-0.15, -0.1) is 0 Å². The molecule has 0 atom stereocenters. The van der Waals surface area contributed by atoms with Crippen molar-refractivity contribution >= 4 is 28.6 Å². The van der Waals surface area contributed by atoms with Crippen molar-refractivity contribution in [2.45, 2.75) is 46.1 Å². The van der Waals surface area contributed by atoms with Crippen LogP contribution in [0.3, 0.4) is 0 Å². The van der Waals surface area contributed by atoms with Gasteiger partial charge in [0.15, 0.2) is 0 Å². The number of esters is 1. The minimum atomic E-state index is -0.392. The quantitative estimate of drug-likeness (QED) is 0.344. The van der Waals surface area contributed by atoms with Gasteiger partial charge in [0.25, 0.3) is 0 Å². The number of rotatable bonds is 4. The monoisotopic (exact) mass is 310 g/mol. The minimum Gasteiger partial charge on any atom is -0.457 e. The highest BCUT2D eigenvalue weighted by atomic mass is 127. The fourth-order valence-corrected chi connectivity index (χ4v) is 1.33. The summed E-state index contributed by atoms with van der Waals surface area (Å²) in [5.74, 6) is -0.233. The number of halogens is 1. The molecule has 14 heavy (non-hydrogen) atoms. The molecule has 3 heteroatoms. The average molecular weight is 310 g/mol. The predicted molar refractivity (Wildman–Crippen MR) is 67.7 cm³/mol. The lowest BCUT2D eigenvalue weighted by Gasteiger charge is -2.18. The first-order valence-electron chi connectivity index (χ1n) is 4.81. The lowest BCUT2D eigenvalue weighted by molar-refractivity contribution is -0.148. The van der Waals surface area contributed by atoms with Gasteiger partial charge in [-0.1, -0.05) is 28.2 Å². The van der Waals surface area contributed by atoms with Crippen LogP contribution >= 0.6 is 22.6 Å². The second-order valence-corrected chi connectivity index (χ2v) is 5.40. The largest absolute Gasteiger partial charge is 0.457 e. The zero-order valence-electron chi connectivity index (χ0n) is 9.39. The smallest absolute Gasteiger partial charge is 0.331 e. The molecule has 0 amide bonds. The Balaban J connectivity index is 4.02. The van der Waals surface area contributed by atoms with Crippen LogP contribution < -0.4 is 0 Å². The Hall–Kier alpha value is -0.0600. The summed E-state index contributed by atoms with van der Waals surface area (Å²) in [6.07, 6.45) is 3.69. The fourth-order valence-electron chi connectivity index (χ4n) is 0.950. The van der Waals surface area contributed by atoms with Crippen molar-refractivity contribution in [3.8, 4) is 0 Å². The number of allylic oxidation sites excluding steroid dienone is 1. The number of hydrogen-bond acceptors (Lipinski definition) is 2. The van der Waals surface area contributed by atoms with Crippen LogP contribution in [0, 0.1) is 0 Å². The Morgan fingerprint density at radius 3 is 2.43 bits per heavy atom. The van der Waals surface area contributed by atoms with Gasteiger partial charge in [0, 0.05) is 6.08 Å². The highest BCUT2D eigenvalue weighted by molar-refractivity contribution is 14.1. The molecule has 0 bridgehead atoms. The maximum absolute atomic E-state index is 11.3. The van der Waals surface area contributed by atoms with Crippen LogP contribution in [0.4, 0.5) is 0 Å². The maximum atomic E-state index is 11.3. The van der Waals surface area contributed by atoms with E-state index in [1.165, 1.54) is 0 Å². The van der Waals surface area contributed by atoms with Crippen molar-refractivity contribution in [2.24, 2.45) is 0 Å². The van der Waals surface area contributed by atoms with Crippen molar-refractivity contribution in [1.29, 1.82) is 0 Å². The van der Waals surface area contributed by atoms with E-state index in [1.54, 1.807) is 6.08 Å². The minimum absolute atomic E-state index is 0.233. The van der Waals surface area contributed by atoms with Gasteiger partial charge in [0.2, 0.25) is 0 Å². The summed E-state index contributed by atoms with van der Waals surface area (Å²) in [6.45, 7) is 7.59. The van der Waals surface area contributed by atoms with Crippen LogP contribution in [-0.2, 0) is 9.53 Å². The van der Waals surface area contributed by atoms with Gasteiger partial charge in [0.1, 0.15) is 5.60 Å². The lowest BCUT2D eigenvalue weighted by Crippen LogP contribution is -2.22. The molecule has 0 fully saturated rings. The summed E-state index contributed by atoms with van der Waals surface area (Å²) in [7, 11) is 0. The summed E-state index contributed by atoms with van der Waals surface area (Å²) < 4.78 is 6.29. The first-order chi connectivity index (χ1) is 6.35. The van der Waals surface area contributed by atoms with Gasteiger partial charge < -0.3 is 4.74 Å². The molecule has 0 aromatic rings. The number of carbonyl (C=O) groups excluding carboxylic acids is 1. The van der Waals surface area contributed by atoms with Crippen LogP contribution in [0.2, 0.25) is 0 Å². The van der Waals surface area contributed by atoms with E-state index in [4.69, 9.17) is 4.74 Å². The Morgan fingerprint density at radius 1 is 1.43 bits per heavy atom. The molecular formula is C11H19IO2. The Kier molecular flexibility index (Phi) is 6.40. The molecule has 0 aliphatic carbocycles. The molecule has 0 spiro atoms.